The highest BCUT2D eigenvalue weighted by Crippen LogP contribution is 2.27. The monoisotopic (exact) mass is 1010 g/mol. The number of aromatic nitrogens is 4. The molecule has 0 atom stereocenters. The van der Waals surface area contributed by atoms with Gasteiger partial charge in [-0.1, -0.05) is 0 Å². The SMILES string of the molecule is COc1ccc(F)cc1C(=O)c1cnc(NC2CCN(S(=O)(=O)CCCCl)CC2)nc1N.COc1ccc(F)cc1C(=O)c1cnc(NC2CCNCC2)nc1N.O=S(=O)(Cl)CCCCl. The van der Waals surface area contributed by atoms with E-state index in [1.54, 1.807) is 0 Å². The van der Waals surface area contributed by atoms with Gasteiger partial charge in [0.25, 0.3) is 0 Å². The van der Waals surface area contributed by atoms with Gasteiger partial charge in [0.1, 0.15) is 34.8 Å². The molecule has 2 saturated heterocycles. The number of hydrogen-bond donors (Lipinski definition) is 5. The van der Waals surface area contributed by atoms with E-state index in [1.807, 2.05) is 0 Å². The number of sulfonamides is 1. The summed E-state index contributed by atoms with van der Waals surface area (Å²) in [5.74, 6) is -0.416. The molecule has 0 spiro atoms. The van der Waals surface area contributed by atoms with Crippen molar-refractivity contribution in [1.82, 2.24) is 29.6 Å². The fourth-order valence-electron chi connectivity index (χ4n) is 6.49. The number of nitrogen functional groups attached to an aromatic ring is 2. The van der Waals surface area contributed by atoms with Gasteiger partial charge in [0, 0.05) is 60.0 Å². The summed E-state index contributed by atoms with van der Waals surface area (Å²) in [7, 11) is 1.02. The number of anilines is 4. The first-order chi connectivity index (χ1) is 30.9. The molecule has 6 rings (SSSR count). The fourth-order valence-corrected chi connectivity index (χ4v) is 9.42. The summed E-state index contributed by atoms with van der Waals surface area (Å²) in [6.45, 7) is 2.63. The summed E-state index contributed by atoms with van der Waals surface area (Å²) in [4.78, 5) is 42.1. The number of carbonyl (C=O) groups is 2. The predicted molar refractivity (Wildman–Crippen MR) is 247 cm³/mol. The predicted octanol–water partition coefficient (Wildman–Crippen LogP) is 5.06. The number of benzene rings is 2. The van der Waals surface area contributed by atoms with Crippen molar-refractivity contribution in [2.75, 3.05) is 85.8 Å². The number of halogens is 5. The first-order valence-corrected chi connectivity index (χ1v) is 25.3. The second-order valence-corrected chi connectivity index (χ2v) is 20.2. The molecule has 25 heteroatoms. The Bertz CT molecular complexity index is 2470. The number of ether oxygens (including phenoxy) is 2. The normalized spacial score (nSPS) is 14.8. The zero-order chi connectivity index (χ0) is 47.7. The number of rotatable bonds is 17. The smallest absolute Gasteiger partial charge is 0.232 e. The standard InChI is InChI=1S/C20H25ClFN5O4S.C17H20FN5O2.C3H6Cl2O2S/c1-31-17-4-3-13(22)11-15(17)18(28)16-12-24-20(26-19(16)23)25-14-5-8-27(9-6-14)32(29,30)10-2-7-21;1-25-14-3-2-10(18)8-12(14)15(24)13-9-21-17(23-16(13)19)22-11-4-6-20-7-5-11;4-2-1-3-8(5,6)7/h3-4,11-12,14H,2,5-10H2,1H3,(H3,23,24,25,26);2-3,8-9,11,20H,4-7H2,1H3,(H3,19,21,22,23);1-3H2. The van der Waals surface area contributed by atoms with E-state index in [0.29, 0.717) is 56.5 Å². The van der Waals surface area contributed by atoms with E-state index >= 15 is 0 Å². The molecule has 0 unspecified atom stereocenters. The lowest BCUT2D eigenvalue weighted by molar-refractivity contribution is 0.102. The average molecular weight is 1010 g/mol. The number of carbonyl (C=O) groups excluding carboxylic acids is 2. The molecule has 2 aliphatic heterocycles. The lowest BCUT2D eigenvalue weighted by atomic mass is 10.0. The van der Waals surface area contributed by atoms with Crippen molar-refractivity contribution in [3.05, 3.63) is 82.7 Å². The van der Waals surface area contributed by atoms with Gasteiger partial charge >= 0.3 is 0 Å². The number of nitrogens with two attached hydrogens (primary N) is 2. The summed E-state index contributed by atoms with van der Waals surface area (Å²) in [5.41, 5.74) is 12.1. The summed E-state index contributed by atoms with van der Waals surface area (Å²) in [5, 5.41) is 9.63. The molecule has 356 valence electrons. The van der Waals surface area contributed by atoms with Gasteiger partial charge in [-0.15, -0.1) is 23.2 Å². The number of nitrogens with one attached hydrogen (secondary N) is 3. The van der Waals surface area contributed by atoms with Crippen molar-refractivity contribution in [3.63, 3.8) is 0 Å². The second-order valence-electron chi connectivity index (χ2n) is 14.5. The van der Waals surface area contributed by atoms with E-state index in [-0.39, 0.29) is 74.9 Å². The zero-order valence-corrected chi connectivity index (χ0v) is 39.4. The van der Waals surface area contributed by atoms with Gasteiger partial charge in [0.2, 0.25) is 42.5 Å². The maximum Gasteiger partial charge on any atom is 0.232 e. The number of hydrogen-bond acceptors (Lipinski definition) is 17. The van der Waals surface area contributed by atoms with E-state index < -0.39 is 42.3 Å². The third-order valence-electron chi connectivity index (χ3n) is 9.85. The summed E-state index contributed by atoms with van der Waals surface area (Å²) < 4.78 is 83.6. The van der Waals surface area contributed by atoms with Gasteiger partial charge < -0.3 is 36.9 Å². The van der Waals surface area contributed by atoms with Crippen LogP contribution < -0.4 is 36.9 Å². The molecular formula is C40H51Cl3F2N10O8S2. The minimum absolute atomic E-state index is 0.0197. The molecule has 2 aromatic heterocycles. The van der Waals surface area contributed by atoms with Gasteiger partial charge in [0.05, 0.1) is 48.0 Å². The minimum Gasteiger partial charge on any atom is -0.496 e. The second kappa shape index (κ2) is 25.3. The number of methoxy groups -OCH3 is 2. The lowest BCUT2D eigenvalue weighted by Crippen LogP contribution is -2.43. The van der Waals surface area contributed by atoms with Crippen LogP contribution in [0.3, 0.4) is 0 Å². The van der Waals surface area contributed by atoms with Crippen LogP contribution >= 0.6 is 33.9 Å². The summed E-state index contributed by atoms with van der Waals surface area (Å²) in [6, 6.07) is 7.58. The van der Waals surface area contributed by atoms with Gasteiger partial charge in [-0.05, 0) is 88.0 Å². The largest absolute Gasteiger partial charge is 0.496 e. The molecular weight excluding hydrogens is 957 g/mol. The van der Waals surface area contributed by atoms with Crippen LogP contribution in [0.25, 0.3) is 0 Å². The first kappa shape index (κ1) is 52.9. The van der Waals surface area contributed by atoms with Crippen molar-refractivity contribution in [3.8, 4) is 11.5 Å². The van der Waals surface area contributed by atoms with Crippen LogP contribution in [0.2, 0.25) is 0 Å². The summed E-state index contributed by atoms with van der Waals surface area (Å²) in [6.07, 6.45) is 6.56. The minimum atomic E-state index is -3.30. The highest BCUT2D eigenvalue weighted by molar-refractivity contribution is 8.13. The Morgan fingerprint density at radius 1 is 0.738 bits per heavy atom. The van der Waals surface area contributed by atoms with Crippen LogP contribution in [0.4, 0.5) is 32.3 Å². The number of nitrogens with zero attached hydrogens (tertiary/aromatic N) is 5. The molecule has 4 heterocycles. The van der Waals surface area contributed by atoms with Crippen LogP contribution in [0.1, 0.15) is 70.4 Å². The number of alkyl halides is 2. The van der Waals surface area contributed by atoms with Crippen molar-refractivity contribution in [2.45, 2.75) is 50.6 Å². The quantitative estimate of drug-likeness (QED) is 0.0526. The molecule has 0 aliphatic carbocycles. The van der Waals surface area contributed by atoms with Gasteiger partial charge in [-0.2, -0.15) is 9.97 Å². The molecule has 2 aromatic carbocycles. The van der Waals surface area contributed by atoms with Crippen molar-refractivity contribution >= 4 is 88.1 Å². The molecule has 2 fully saturated rings. The van der Waals surface area contributed by atoms with Crippen molar-refractivity contribution in [1.29, 1.82) is 0 Å². The third-order valence-corrected chi connectivity index (χ3v) is 13.6. The van der Waals surface area contributed by atoms with Crippen LogP contribution in [-0.2, 0) is 19.1 Å². The topological polar surface area (TPSA) is 264 Å². The maximum atomic E-state index is 13.6. The molecule has 4 aromatic rings. The zero-order valence-electron chi connectivity index (χ0n) is 35.5. The van der Waals surface area contributed by atoms with Gasteiger partial charge in [-0.25, -0.2) is 39.9 Å². The summed E-state index contributed by atoms with van der Waals surface area (Å²) >= 11 is 10.8. The Balaban J connectivity index is 0.000000249. The van der Waals surface area contributed by atoms with Gasteiger partial charge in [0.15, 0.2) is 0 Å². The molecule has 18 nitrogen and oxygen atoms in total. The van der Waals surface area contributed by atoms with Gasteiger partial charge in [-0.3, -0.25) is 9.59 Å². The maximum absolute atomic E-state index is 13.6. The Morgan fingerprint density at radius 2 is 1.17 bits per heavy atom. The van der Waals surface area contributed by atoms with Crippen molar-refractivity contribution < 1.29 is 44.7 Å². The van der Waals surface area contributed by atoms with Crippen LogP contribution in [0, 0.1) is 11.6 Å². The van der Waals surface area contributed by atoms with Crippen molar-refractivity contribution in [2.24, 2.45) is 0 Å². The molecule has 0 saturated carbocycles. The molecule has 0 amide bonds. The Labute approximate surface area is 391 Å². The Hall–Kier alpha value is -4.71. The molecule has 65 heavy (non-hydrogen) atoms. The van der Waals surface area contributed by atoms with E-state index in [0.717, 1.165) is 38.1 Å². The molecule has 0 radical (unpaired) electrons. The van der Waals surface area contributed by atoms with E-state index in [9.17, 15) is 35.2 Å². The van der Waals surface area contributed by atoms with E-state index in [4.69, 9.17) is 54.8 Å². The average Bonchev–Trinajstić information content (AvgIpc) is 3.28. The molecule has 7 N–H and O–H groups in total. The molecule has 0 bridgehead atoms. The fraction of sp³-hybridized carbons (Fsp3) is 0.450. The third kappa shape index (κ3) is 16.3. The van der Waals surface area contributed by atoms with Crippen LogP contribution in [0.5, 0.6) is 11.5 Å². The number of piperidine rings is 2. The Morgan fingerprint density at radius 3 is 1.55 bits per heavy atom. The van der Waals surface area contributed by atoms with Crippen LogP contribution in [0.15, 0.2) is 48.8 Å². The number of ketones is 2. The van der Waals surface area contributed by atoms with Crippen LogP contribution in [-0.4, -0.2) is 128 Å². The lowest BCUT2D eigenvalue weighted by Gasteiger charge is -2.31. The molecule has 2 aliphatic rings. The van der Waals surface area contributed by atoms with E-state index in [1.165, 1.54) is 55.2 Å². The highest BCUT2D eigenvalue weighted by Gasteiger charge is 2.28. The Kier molecular flexibility index (Phi) is 20.6. The highest BCUT2D eigenvalue weighted by atomic mass is 35.7. The first-order valence-electron chi connectivity index (χ1n) is 20.2. The van der Waals surface area contributed by atoms with E-state index in [2.05, 4.69) is 35.9 Å².